The number of nitrogens with two attached hydrogens (primary N) is 1. The van der Waals surface area contributed by atoms with Crippen LogP contribution in [0.4, 0.5) is 0 Å². The zero-order valence-electron chi connectivity index (χ0n) is 14.8. The SMILES string of the molecule is CC(O)CC(CNC(=O)CC1(CN)CCCCC1)c1ccccc1. The van der Waals surface area contributed by atoms with E-state index in [4.69, 9.17) is 5.73 Å². The van der Waals surface area contributed by atoms with Crippen LogP contribution in [0.3, 0.4) is 0 Å². The van der Waals surface area contributed by atoms with Gasteiger partial charge in [-0.05, 0) is 43.7 Å². The van der Waals surface area contributed by atoms with Crippen LogP contribution in [-0.2, 0) is 4.79 Å². The van der Waals surface area contributed by atoms with Gasteiger partial charge in [0.15, 0.2) is 0 Å². The molecule has 1 aliphatic rings. The summed E-state index contributed by atoms with van der Waals surface area (Å²) in [6, 6.07) is 10.1. The van der Waals surface area contributed by atoms with E-state index in [2.05, 4.69) is 17.4 Å². The molecule has 4 heteroatoms. The third-order valence-corrected chi connectivity index (χ3v) is 5.33. The first kappa shape index (κ1) is 18.9. The second kappa shape index (κ2) is 9.19. The predicted molar refractivity (Wildman–Crippen MR) is 97.7 cm³/mol. The van der Waals surface area contributed by atoms with E-state index in [1.165, 1.54) is 19.3 Å². The van der Waals surface area contributed by atoms with Crippen LogP contribution in [-0.4, -0.2) is 30.2 Å². The summed E-state index contributed by atoms with van der Waals surface area (Å²) >= 11 is 0. The molecule has 4 N–H and O–H groups in total. The fraction of sp³-hybridized carbons (Fsp3) is 0.650. The first-order valence-electron chi connectivity index (χ1n) is 9.24. The van der Waals surface area contributed by atoms with Crippen LogP contribution in [0.15, 0.2) is 30.3 Å². The van der Waals surface area contributed by atoms with Crippen molar-refractivity contribution in [2.24, 2.45) is 11.1 Å². The zero-order valence-corrected chi connectivity index (χ0v) is 14.8. The van der Waals surface area contributed by atoms with Crippen LogP contribution >= 0.6 is 0 Å². The minimum Gasteiger partial charge on any atom is -0.393 e. The summed E-state index contributed by atoms with van der Waals surface area (Å²) in [7, 11) is 0. The molecular formula is C20H32N2O2. The lowest BCUT2D eigenvalue weighted by atomic mass is 9.71. The van der Waals surface area contributed by atoms with Gasteiger partial charge < -0.3 is 16.2 Å². The summed E-state index contributed by atoms with van der Waals surface area (Å²) in [6.07, 6.45) is 6.53. The van der Waals surface area contributed by atoms with Crippen molar-refractivity contribution in [2.45, 2.75) is 63.9 Å². The summed E-state index contributed by atoms with van der Waals surface area (Å²) in [4.78, 5) is 12.5. The van der Waals surface area contributed by atoms with Crippen molar-refractivity contribution < 1.29 is 9.90 Å². The lowest BCUT2D eigenvalue weighted by Gasteiger charge is -2.35. The van der Waals surface area contributed by atoms with Gasteiger partial charge >= 0.3 is 0 Å². The van der Waals surface area contributed by atoms with Gasteiger partial charge in [0.2, 0.25) is 5.91 Å². The van der Waals surface area contributed by atoms with Crippen molar-refractivity contribution in [2.75, 3.05) is 13.1 Å². The molecule has 0 spiro atoms. The van der Waals surface area contributed by atoms with E-state index in [0.29, 0.717) is 25.9 Å². The number of benzene rings is 1. The molecule has 0 heterocycles. The zero-order chi connectivity index (χ0) is 17.4. The van der Waals surface area contributed by atoms with Gasteiger partial charge in [-0.25, -0.2) is 0 Å². The third kappa shape index (κ3) is 5.60. The predicted octanol–water partition coefficient (Wildman–Crippen LogP) is 2.96. The van der Waals surface area contributed by atoms with Crippen molar-refractivity contribution in [3.8, 4) is 0 Å². The smallest absolute Gasteiger partial charge is 0.220 e. The molecule has 0 bridgehead atoms. The summed E-state index contributed by atoms with van der Waals surface area (Å²) in [5.74, 6) is 0.226. The number of rotatable bonds is 8. The highest BCUT2D eigenvalue weighted by atomic mass is 16.3. The topological polar surface area (TPSA) is 75.3 Å². The monoisotopic (exact) mass is 332 g/mol. The maximum Gasteiger partial charge on any atom is 0.220 e. The van der Waals surface area contributed by atoms with Crippen LogP contribution in [0.1, 0.15) is 63.4 Å². The number of aliphatic hydroxyl groups excluding tert-OH is 1. The standard InChI is InChI=1S/C20H32N2O2/c1-16(23)12-18(17-8-4-2-5-9-17)14-22-19(24)13-20(15-21)10-6-3-7-11-20/h2,4-5,8-9,16,18,23H,3,6-7,10-15,21H2,1H3,(H,22,24). The lowest BCUT2D eigenvalue weighted by molar-refractivity contribution is -0.124. The molecule has 4 nitrogen and oxygen atoms in total. The van der Waals surface area contributed by atoms with E-state index < -0.39 is 0 Å². The van der Waals surface area contributed by atoms with Crippen molar-refractivity contribution in [1.29, 1.82) is 0 Å². The Balaban J connectivity index is 1.92. The highest BCUT2D eigenvalue weighted by Gasteiger charge is 2.33. The van der Waals surface area contributed by atoms with Gasteiger partial charge in [-0.1, -0.05) is 49.6 Å². The van der Waals surface area contributed by atoms with Crippen LogP contribution in [0.2, 0.25) is 0 Å². The van der Waals surface area contributed by atoms with Crippen molar-refractivity contribution in [3.63, 3.8) is 0 Å². The summed E-state index contributed by atoms with van der Waals surface area (Å²) in [5, 5.41) is 12.8. The number of carbonyl (C=O) groups is 1. The number of nitrogens with one attached hydrogen (secondary N) is 1. The first-order valence-corrected chi connectivity index (χ1v) is 9.24. The lowest BCUT2D eigenvalue weighted by Crippen LogP contribution is -2.39. The molecule has 1 saturated carbocycles. The molecule has 24 heavy (non-hydrogen) atoms. The number of hydrogen-bond acceptors (Lipinski definition) is 3. The minimum atomic E-state index is -0.388. The number of aliphatic hydroxyl groups is 1. The maximum absolute atomic E-state index is 12.5. The van der Waals surface area contributed by atoms with E-state index in [1.54, 1.807) is 6.92 Å². The Labute approximate surface area is 145 Å². The second-order valence-electron chi connectivity index (χ2n) is 7.44. The van der Waals surface area contributed by atoms with E-state index >= 15 is 0 Å². The van der Waals surface area contributed by atoms with Gasteiger partial charge in [0.1, 0.15) is 0 Å². The van der Waals surface area contributed by atoms with Crippen molar-refractivity contribution in [1.82, 2.24) is 5.32 Å². The Hall–Kier alpha value is -1.39. The average molecular weight is 332 g/mol. The quantitative estimate of drug-likeness (QED) is 0.685. The second-order valence-corrected chi connectivity index (χ2v) is 7.44. The van der Waals surface area contributed by atoms with Crippen LogP contribution in [0.5, 0.6) is 0 Å². The molecule has 2 rings (SSSR count). The summed E-state index contributed by atoms with van der Waals surface area (Å²) in [5.41, 5.74) is 7.14. The van der Waals surface area contributed by atoms with Crippen molar-refractivity contribution in [3.05, 3.63) is 35.9 Å². The molecule has 0 aliphatic heterocycles. The molecule has 1 aromatic carbocycles. The fourth-order valence-electron chi connectivity index (χ4n) is 3.87. The van der Waals surface area contributed by atoms with Gasteiger partial charge in [0.25, 0.3) is 0 Å². The third-order valence-electron chi connectivity index (χ3n) is 5.33. The number of hydrogen-bond donors (Lipinski definition) is 3. The largest absolute Gasteiger partial charge is 0.393 e. The van der Waals surface area contributed by atoms with E-state index in [9.17, 15) is 9.90 Å². The molecule has 134 valence electrons. The van der Waals surface area contributed by atoms with Gasteiger partial charge in [-0.2, -0.15) is 0 Å². The van der Waals surface area contributed by atoms with Crippen LogP contribution in [0, 0.1) is 5.41 Å². The molecule has 2 atom stereocenters. The van der Waals surface area contributed by atoms with Gasteiger partial charge in [-0.3, -0.25) is 4.79 Å². The molecule has 1 aliphatic carbocycles. The normalized spacial score (nSPS) is 19.5. The first-order chi connectivity index (χ1) is 11.5. The fourth-order valence-corrected chi connectivity index (χ4v) is 3.87. The molecule has 1 aromatic rings. The highest BCUT2D eigenvalue weighted by Crippen LogP contribution is 2.38. The number of carbonyl (C=O) groups excluding carboxylic acids is 1. The molecular weight excluding hydrogens is 300 g/mol. The molecule has 0 aromatic heterocycles. The Kier molecular flexibility index (Phi) is 7.25. The number of amides is 1. The molecule has 2 unspecified atom stereocenters. The van der Waals surface area contributed by atoms with Gasteiger partial charge in [0, 0.05) is 18.9 Å². The van der Waals surface area contributed by atoms with E-state index in [-0.39, 0.29) is 23.3 Å². The van der Waals surface area contributed by atoms with Gasteiger partial charge in [-0.15, -0.1) is 0 Å². The summed E-state index contributed by atoms with van der Waals surface area (Å²) < 4.78 is 0. The Morgan fingerprint density at radius 1 is 1.25 bits per heavy atom. The molecule has 1 amide bonds. The Morgan fingerprint density at radius 3 is 2.50 bits per heavy atom. The molecule has 0 radical (unpaired) electrons. The van der Waals surface area contributed by atoms with E-state index in [1.807, 2.05) is 18.2 Å². The minimum absolute atomic E-state index is 0.00511. The highest BCUT2D eigenvalue weighted by molar-refractivity contribution is 5.76. The average Bonchev–Trinajstić information content (AvgIpc) is 2.60. The van der Waals surface area contributed by atoms with Crippen LogP contribution < -0.4 is 11.1 Å². The van der Waals surface area contributed by atoms with Crippen LogP contribution in [0.25, 0.3) is 0 Å². The van der Waals surface area contributed by atoms with Crippen molar-refractivity contribution >= 4 is 5.91 Å². The van der Waals surface area contributed by atoms with Gasteiger partial charge in [0.05, 0.1) is 6.10 Å². The Bertz CT molecular complexity index is 496. The molecule has 1 fully saturated rings. The Morgan fingerprint density at radius 2 is 1.92 bits per heavy atom. The maximum atomic E-state index is 12.5. The van der Waals surface area contributed by atoms with E-state index in [0.717, 1.165) is 18.4 Å². The molecule has 0 saturated heterocycles. The summed E-state index contributed by atoms with van der Waals surface area (Å²) in [6.45, 7) is 2.95.